The molecule has 0 bridgehead atoms. The molecule has 0 aliphatic carbocycles. The molecule has 0 amide bonds. The van der Waals surface area contributed by atoms with Crippen LogP contribution in [0.25, 0.3) is 11.2 Å². The van der Waals surface area contributed by atoms with E-state index in [0.717, 1.165) is 5.56 Å². The number of fused-ring (bicyclic) bond motifs is 1. The van der Waals surface area contributed by atoms with Crippen LogP contribution < -0.4 is 0 Å². The minimum Gasteiger partial charge on any atom is -0.250 e. The Labute approximate surface area is 103 Å². The summed E-state index contributed by atoms with van der Waals surface area (Å²) in [7, 11) is 0. The van der Waals surface area contributed by atoms with Crippen molar-refractivity contribution in [1.82, 2.24) is 19.7 Å². The predicted octanol–water partition coefficient (Wildman–Crippen LogP) is 2.39. The maximum absolute atomic E-state index is 13.3. The minimum atomic E-state index is -0.530. The van der Waals surface area contributed by atoms with Gasteiger partial charge in [-0.1, -0.05) is 30.3 Å². The van der Waals surface area contributed by atoms with E-state index in [-0.39, 0.29) is 0 Å². The largest absolute Gasteiger partial charge is 0.250 e. The molecule has 0 aliphatic rings. The molecule has 0 spiro atoms. The number of hydrogen-bond acceptors (Lipinski definition) is 3. The van der Waals surface area contributed by atoms with Gasteiger partial charge in [0.1, 0.15) is 18.2 Å². The van der Waals surface area contributed by atoms with E-state index in [1.807, 2.05) is 30.3 Å². The van der Waals surface area contributed by atoms with E-state index in [2.05, 4.69) is 15.1 Å². The number of benzene rings is 1. The van der Waals surface area contributed by atoms with Gasteiger partial charge in [-0.2, -0.15) is 5.10 Å². The summed E-state index contributed by atoms with van der Waals surface area (Å²) in [4.78, 5) is 8.35. The van der Waals surface area contributed by atoms with Crippen LogP contribution in [-0.4, -0.2) is 26.4 Å². The van der Waals surface area contributed by atoms with Gasteiger partial charge in [-0.25, -0.2) is 19.0 Å². The number of nitrogens with zero attached hydrogens (tertiary/aromatic N) is 4. The van der Waals surface area contributed by atoms with E-state index in [0.29, 0.717) is 11.2 Å². The molecular weight excluding hydrogens is 231 g/mol. The number of halogens is 1. The first-order valence-electron chi connectivity index (χ1n) is 5.65. The first kappa shape index (κ1) is 10.8. The van der Waals surface area contributed by atoms with Gasteiger partial charge in [-0.3, -0.25) is 0 Å². The quantitative estimate of drug-likeness (QED) is 0.708. The molecule has 0 fully saturated rings. The van der Waals surface area contributed by atoms with E-state index < -0.39 is 12.7 Å². The Balaban J connectivity index is 2.12. The summed E-state index contributed by atoms with van der Waals surface area (Å²) < 4.78 is 14.9. The zero-order valence-electron chi connectivity index (χ0n) is 9.57. The zero-order valence-corrected chi connectivity index (χ0v) is 9.57. The van der Waals surface area contributed by atoms with Gasteiger partial charge in [0, 0.05) is 12.4 Å². The third kappa shape index (κ3) is 1.73. The molecule has 0 radical (unpaired) electrons. The van der Waals surface area contributed by atoms with Crippen molar-refractivity contribution in [2.45, 2.75) is 6.04 Å². The summed E-state index contributed by atoms with van der Waals surface area (Å²) in [5.74, 6) is 0. The highest BCUT2D eigenvalue weighted by Crippen LogP contribution is 2.21. The second-order valence-corrected chi connectivity index (χ2v) is 3.94. The fourth-order valence-corrected chi connectivity index (χ4v) is 1.98. The number of rotatable bonds is 3. The van der Waals surface area contributed by atoms with Gasteiger partial charge in [-0.15, -0.1) is 0 Å². The Kier molecular flexibility index (Phi) is 2.72. The molecule has 4 nitrogen and oxygen atoms in total. The van der Waals surface area contributed by atoms with Gasteiger partial charge in [0.25, 0.3) is 0 Å². The lowest BCUT2D eigenvalue weighted by Crippen LogP contribution is -2.14. The second kappa shape index (κ2) is 4.52. The molecule has 0 saturated carbocycles. The molecule has 1 aromatic carbocycles. The molecule has 3 aromatic rings. The van der Waals surface area contributed by atoms with Crippen molar-refractivity contribution in [3.8, 4) is 0 Å². The van der Waals surface area contributed by atoms with Crippen molar-refractivity contribution in [3.63, 3.8) is 0 Å². The van der Waals surface area contributed by atoms with Crippen LogP contribution >= 0.6 is 0 Å². The molecule has 0 aliphatic heterocycles. The summed E-state index contributed by atoms with van der Waals surface area (Å²) >= 11 is 0. The van der Waals surface area contributed by atoms with Crippen LogP contribution in [0.3, 0.4) is 0 Å². The lowest BCUT2D eigenvalue weighted by Gasteiger charge is -2.14. The van der Waals surface area contributed by atoms with Crippen LogP contribution in [0.5, 0.6) is 0 Å². The molecule has 18 heavy (non-hydrogen) atoms. The third-order valence-corrected chi connectivity index (χ3v) is 2.85. The van der Waals surface area contributed by atoms with Crippen molar-refractivity contribution in [3.05, 3.63) is 54.5 Å². The van der Waals surface area contributed by atoms with Crippen LogP contribution in [0.2, 0.25) is 0 Å². The Morgan fingerprint density at radius 1 is 1.11 bits per heavy atom. The molecular formula is C13H11FN4. The number of aromatic nitrogens is 4. The summed E-state index contributed by atoms with van der Waals surface area (Å²) in [5.41, 5.74) is 2.14. The zero-order chi connectivity index (χ0) is 12.4. The number of alkyl halides is 1. The van der Waals surface area contributed by atoms with Crippen LogP contribution in [-0.2, 0) is 0 Å². The molecule has 90 valence electrons. The topological polar surface area (TPSA) is 43.6 Å². The van der Waals surface area contributed by atoms with Crippen molar-refractivity contribution < 1.29 is 4.39 Å². The van der Waals surface area contributed by atoms with E-state index >= 15 is 0 Å². The SMILES string of the molecule is FCC(c1ccccc1)n1ncc2nccnc21. The Morgan fingerprint density at radius 3 is 2.67 bits per heavy atom. The Morgan fingerprint density at radius 2 is 1.89 bits per heavy atom. The van der Waals surface area contributed by atoms with Crippen molar-refractivity contribution in [2.75, 3.05) is 6.67 Å². The van der Waals surface area contributed by atoms with Crippen molar-refractivity contribution in [2.24, 2.45) is 0 Å². The van der Waals surface area contributed by atoms with Gasteiger partial charge in [0.2, 0.25) is 0 Å². The first-order chi connectivity index (χ1) is 8.90. The minimum absolute atomic E-state index is 0.458. The normalized spacial score (nSPS) is 12.7. The summed E-state index contributed by atoms with van der Waals surface area (Å²) in [6.07, 6.45) is 4.79. The summed E-state index contributed by atoms with van der Waals surface area (Å²) in [5, 5.41) is 4.19. The molecule has 1 atom stereocenters. The highest BCUT2D eigenvalue weighted by molar-refractivity contribution is 5.68. The van der Waals surface area contributed by atoms with Crippen LogP contribution in [0.15, 0.2) is 48.9 Å². The molecule has 1 unspecified atom stereocenters. The van der Waals surface area contributed by atoms with E-state index in [1.54, 1.807) is 23.3 Å². The fraction of sp³-hybridized carbons (Fsp3) is 0.154. The average Bonchev–Trinajstić information content (AvgIpc) is 2.85. The van der Waals surface area contributed by atoms with Crippen molar-refractivity contribution >= 4 is 11.2 Å². The van der Waals surface area contributed by atoms with Crippen molar-refractivity contribution in [1.29, 1.82) is 0 Å². The van der Waals surface area contributed by atoms with Gasteiger partial charge < -0.3 is 0 Å². The predicted molar refractivity (Wildman–Crippen MR) is 65.9 cm³/mol. The van der Waals surface area contributed by atoms with Gasteiger partial charge in [0.05, 0.1) is 6.20 Å². The summed E-state index contributed by atoms with van der Waals surface area (Å²) in [6.45, 7) is -0.530. The molecule has 2 aromatic heterocycles. The lowest BCUT2D eigenvalue weighted by molar-refractivity contribution is 0.381. The monoisotopic (exact) mass is 242 g/mol. The molecule has 0 N–H and O–H groups in total. The second-order valence-electron chi connectivity index (χ2n) is 3.94. The average molecular weight is 242 g/mol. The standard InChI is InChI=1S/C13H11FN4/c14-8-12(10-4-2-1-3-5-10)18-13-11(9-17-18)15-6-7-16-13/h1-7,9,12H,8H2. The molecule has 0 saturated heterocycles. The summed E-state index contributed by atoms with van der Waals surface area (Å²) in [6, 6.07) is 8.98. The number of hydrogen-bond donors (Lipinski definition) is 0. The highest BCUT2D eigenvalue weighted by atomic mass is 19.1. The van der Waals surface area contributed by atoms with Crippen LogP contribution in [0.4, 0.5) is 4.39 Å². The maximum Gasteiger partial charge on any atom is 0.177 e. The van der Waals surface area contributed by atoms with Gasteiger partial charge in [-0.05, 0) is 5.56 Å². The Bertz CT molecular complexity index is 650. The van der Waals surface area contributed by atoms with E-state index in [4.69, 9.17) is 0 Å². The maximum atomic E-state index is 13.3. The smallest absolute Gasteiger partial charge is 0.177 e. The van der Waals surface area contributed by atoms with Gasteiger partial charge >= 0.3 is 0 Å². The molecule has 5 heteroatoms. The van der Waals surface area contributed by atoms with E-state index in [9.17, 15) is 4.39 Å². The van der Waals surface area contributed by atoms with Crippen LogP contribution in [0.1, 0.15) is 11.6 Å². The lowest BCUT2D eigenvalue weighted by atomic mass is 10.1. The molecule has 3 rings (SSSR count). The Hall–Kier alpha value is -2.30. The fourth-order valence-electron chi connectivity index (χ4n) is 1.98. The molecule has 2 heterocycles. The third-order valence-electron chi connectivity index (χ3n) is 2.85. The van der Waals surface area contributed by atoms with Gasteiger partial charge in [0.15, 0.2) is 5.65 Å². The van der Waals surface area contributed by atoms with E-state index in [1.165, 1.54) is 0 Å². The first-order valence-corrected chi connectivity index (χ1v) is 5.65. The van der Waals surface area contributed by atoms with Crippen LogP contribution in [0, 0.1) is 0 Å². The highest BCUT2D eigenvalue weighted by Gasteiger charge is 2.17.